The summed E-state index contributed by atoms with van der Waals surface area (Å²) in [5.74, 6) is -1.38. The summed E-state index contributed by atoms with van der Waals surface area (Å²) in [6.07, 6.45) is -3.58. The third kappa shape index (κ3) is 2.55. The first kappa shape index (κ1) is 11.2. The Morgan fingerprint density at radius 1 is 1.47 bits per heavy atom. The lowest BCUT2D eigenvalue weighted by molar-refractivity contribution is -0.0686. The Morgan fingerprint density at radius 3 is 2.53 bits per heavy atom. The smallest absolute Gasteiger partial charge is 0.416 e. The number of carbonyl (C=O) groups is 1. The monoisotopic (exact) mass is 217 g/mol. The molecular formula is C9H6F3NO2. The van der Waals surface area contributed by atoms with Crippen LogP contribution >= 0.6 is 0 Å². The van der Waals surface area contributed by atoms with Crippen LogP contribution in [-0.2, 0) is 0 Å². The van der Waals surface area contributed by atoms with Gasteiger partial charge in [-0.05, 0) is 17.7 Å². The molecule has 0 spiro atoms. The van der Waals surface area contributed by atoms with Crippen molar-refractivity contribution in [2.24, 2.45) is 0 Å². The highest BCUT2D eigenvalue weighted by Crippen LogP contribution is 2.31. The lowest BCUT2D eigenvalue weighted by atomic mass is 10.1. The van der Waals surface area contributed by atoms with Crippen molar-refractivity contribution in [1.29, 1.82) is 0 Å². The number of pyridine rings is 1. The first-order valence-corrected chi connectivity index (χ1v) is 3.78. The quantitative estimate of drug-likeness (QED) is 0.827. The Balaban J connectivity index is 3.12. The highest BCUT2D eigenvalue weighted by atomic mass is 19.4. The summed E-state index contributed by atoms with van der Waals surface area (Å²) in [6, 6.07) is 1.89. The van der Waals surface area contributed by atoms with E-state index in [1.54, 1.807) is 0 Å². The normalized spacial score (nSPS) is 11.1. The van der Waals surface area contributed by atoms with E-state index in [2.05, 4.69) is 11.6 Å². The molecule has 1 aromatic rings. The largest absolute Gasteiger partial charge is 0.477 e. The fraction of sp³-hybridized carbons (Fsp3) is 0.111. The Bertz CT molecular complexity index is 412. The average Bonchev–Trinajstić information content (AvgIpc) is 2.15. The van der Waals surface area contributed by atoms with E-state index in [1.807, 2.05) is 0 Å². The third-order valence-electron chi connectivity index (χ3n) is 1.67. The van der Waals surface area contributed by atoms with E-state index in [4.69, 9.17) is 5.11 Å². The number of alkyl halides is 3. The predicted octanol–water partition coefficient (Wildman–Crippen LogP) is 2.36. The minimum atomic E-state index is -4.57. The minimum Gasteiger partial charge on any atom is -0.477 e. The predicted molar refractivity (Wildman–Crippen MR) is 46.3 cm³/mol. The van der Waals surface area contributed by atoms with Crippen LogP contribution in [0.3, 0.4) is 0 Å². The van der Waals surface area contributed by atoms with Gasteiger partial charge in [0.2, 0.25) is 0 Å². The van der Waals surface area contributed by atoms with Crippen LogP contribution < -0.4 is 0 Å². The summed E-state index contributed by atoms with van der Waals surface area (Å²) in [6.45, 7) is 2.85. The Labute approximate surface area is 82.9 Å². The molecule has 0 saturated carbocycles. The maximum atomic E-state index is 12.2. The Hall–Kier alpha value is -1.85. The molecule has 1 heterocycles. The van der Waals surface area contributed by atoms with Crippen molar-refractivity contribution in [3.63, 3.8) is 0 Å². The van der Waals surface area contributed by atoms with Crippen LogP contribution in [0.25, 0.3) is 5.57 Å². The van der Waals surface area contributed by atoms with Crippen molar-refractivity contribution >= 4 is 11.5 Å². The summed E-state index contributed by atoms with van der Waals surface area (Å²) in [5.41, 5.74) is -1.83. The number of halogens is 3. The molecule has 0 aliphatic heterocycles. The number of nitrogens with zero attached hydrogens (tertiary/aromatic N) is 1. The topological polar surface area (TPSA) is 50.2 Å². The number of hydrogen-bond acceptors (Lipinski definition) is 2. The van der Waals surface area contributed by atoms with Crippen molar-refractivity contribution in [3.8, 4) is 0 Å². The molecule has 0 aromatic carbocycles. The van der Waals surface area contributed by atoms with Crippen LogP contribution in [-0.4, -0.2) is 22.2 Å². The second kappa shape index (κ2) is 3.72. The molecule has 1 N–H and O–H groups in total. The Morgan fingerprint density at radius 2 is 2.07 bits per heavy atom. The third-order valence-corrected chi connectivity index (χ3v) is 1.67. The van der Waals surface area contributed by atoms with Crippen LogP contribution in [0.1, 0.15) is 16.1 Å². The van der Waals surface area contributed by atoms with Gasteiger partial charge in [-0.2, -0.15) is 13.2 Å². The van der Waals surface area contributed by atoms with Gasteiger partial charge in [0.15, 0.2) is 0 Å². The fourth-order valence-electron chi connectivity index (χ4n) is 0.899. The van der Waals surface area contributed by atoms with Crippen LogP contribution in [0.15, 0.2) is 24.9 Å². The summed E-state index contributed by atoms with van der Waals surface area (Å²) in [5, 5.41) is 8.52. The van der Waals surface area contributed by atoms with Crippen molar-refractivity contribution in [1.82, 2.24) is 4.98 Å². The van der Waals surface area contributed by atoms with E-state index in [9.17, 15) is 18.0 Å². The van der Waals surface area contributed by atoms with Gasteiger partial charge in [-0.3, -0.25) is 0 Å². The number of aromatic nitrogens is 1. The molecular weight excluding hydrogens is 211 g/mol. The molecule has 0 saturated heterocycles. The first-order valence-electron chi connectivity index (χ1n) is 3.78. The standard InChI is InChI=1S/C9H6F3NO2/c1-5(9(10,11)12)6-2-3-13-7(4-6)8(14)15/h2-4H,1H2,(H,14,15). The molecule has 0 aliphatic carbocycles. The lowest BCUT2D eigenvalue weighted by Crippen LogP contribution is -2.10. The molecule has 15 heavy (non-hydrogen) atoms. The number of hydrogen-bond donors (Lipinski definition) is 1. The number of allylic oxidation sites excluding steroid dienone is 1. The van der Waals surface area contributed by atoms with Gasteiger partial charge in [-0.25, -0.2) is 9.78 Å². The summed E-state index contributed by atoms with van der Waals surface area (Å²) in [4.78, 5) is 13.8. The molecule has 80 valence electrons. The molecule has 0 amide bonds. The molecule has 0 aliphatic rings. The molecule has 3 nitrogen and oxygen atoms in total. The van der Waals surface area contributed by atoms with Gasteiger partial charge in [-0.15, -0.1) is 0 Å². The van der Waals surface area contributed by atoms with Gasteiger partial charge in [0.05, 0.1) is 5.57 Å². The molecule has 0 atom stereocenters. The van der Waals surface area contributed by atoms with Gasteiger partial charge in [0.1, 0.15) is 5.69 Å². The maximum absolute atomic E-state index is 12.2. The van der Waals surface area contributed by atoms with Crippen LogP contribution in [0.2, 0.25) is 0 Å². The highest BCUT2D eigenvalue weighted by Gasteiger charge is 2.33. The van der Waals surface area contributed by atoms with Gasteiger partial charge >= 0.3 is 12.1 Å². The summed E-state index contributed by atoms with van der Waals surface area (Å²) in [7, 11) is 0. The second-order valence-corrected chi connectivity index (χ2v) is 2.71. The van der Waals surface area contributed by atoms with Crippen LogP contribution in [0, 0.1) is 0 Å². The van der Waals surface area contributed by atoms with E-state index in [1.165, 1.54) is 0 Å². The molecule has 1 aromatic heterocycles. The lowest BCUT2D eigenvalue weighted by Gasteiger charge is -2.09. The molecule has 0 bridgehead atoms. The van der Waals surface area contributed by atoms with E-state index in [0.717, 1.165) is 18.3 Å². The maximum Gasteiger partial charge on any atom is 0.416 e. The zero-order chi connectivity index (χ0) is 11.6. The van der Waals surface area contributed by atoms with Gasteiger partial charge in [-0.1, -0.05) is 6.58 Å². The Kier molecular flexibility index (Phi) is 2.78. The number of carboxylic acid groups (broad SMARTS) is 1. The van der Waals surface area contributed by atoms with Gasteiger partial charge in [0, 0.05) is 6.20 Å². The summed E-state index contributed by atoms with van der Waals surface area (Å²) >= 11 is 0. The number of rotatable bonds is 2. The molecule has 0 fully saturated rings. The van der Waals surface area contributed by atoms with Crippen molar-refractivity contribution < 1.29 is 23.1 Å². The molecule has 0 unspecified atom stereocenters. The fourth-order valence-corrected chi connectivity index (χ4v) is 0.899. The zero-order valence-corrected chi connectivity index (χ0v) is 7.38. The van der Waals surface area contributed by atoms with E-state index < -0.39 is 23.4 Å². The van der Waals surface area contributed by atoms with E-state index >= 15 is 0 Å². The molecule has 1 rings (SSSR count). The van der Waals surface area contributed by atoms with Crippen molar-refractivity contribution in [3.05, 3.63) is 36.2 Å². The summed E-state index contributed by atoms with van der Waals surface area (Å²) < 4.78 is 36.6. The van der Waals surface area contributed by atoms with Gasteiger partial charge < -0.3 is 5.11 Å². The average molecular weight is 217 g/mol. The van der Waals surface area contributed by atoms with Crippen LogP contribution in [0.4, 0.5) is 13.2 Å². The number of aromatic carboxylic acids is 1. The zero-order valence-electron chi connectivity index (χ0n) is 7.38. The number of carboxylic acids is 1. The second-order valence-electron chi connectivity index (χ2n) is 2.71. The van der Waals surface area contributed by atoms with Gasteiger partial charge in [0.25, 0.3) is 0 Å². The molecule has 6 heteroatoms. The minimum absolute atomic E-state index is 0.296. The van der Waals surface area contributed by atoms with Crippen LogP contribution in [0.5, 0.6) is 0 Å². The van der Waals surface area contributed by atoms with Crippen molar-refractivity contribution in [2.45, 2.75) is 6.18 Å². The SMILES string of the molecule is C=C(c1ccnc(C(=O)O)c1)C(F)(F)F. The molecule has 0 radical (unpaired) electrons. The van der Waals surface area contributed by atoms with E-state index in [0.29, 0.717) is 0 Å². The van der Waals surface area contributed by atoms with E-state index in [-0.39, 0.29) is 5.56 Å². The first-order chi connectivity index (χ1) is 6.82. The highest BCUT2D eigenvalue weighted by molar-refractivity contribution is 5.86. The van der Waals surface area contributed by atoms with Crippen molar-refractivity contribution in [2.75, 3.05) is 0 Å².